The van der Waals surface area contributed by atoms with E-state index in [0.717, 1.165) is 19.5 Å². The summed E-state index contributed by atoms with van der Waals surface area (Å²) < 4.78 is 5.19. The van der Waals surface area contributed by atoms with Crippen LogP contribution in [0.25, 0.3) is 0 Å². The lowest BCUT2D eigenvalue weighted by atomic mass is 10.1. The van der Waals surface area contributed by atoms with Crippen LogP contribution in [0.5, 0.6) is 0 Å². The number of hydrogen-bond donors (Lipinski definition) is 1. The van der Waals surface area contributed by atoms with Gasteiger partial charge in [0, 0.05) is 18.6 Å². The second-order valence-corrected chi connectivity index (χ2v) is 5.53. The molecule has 2 saturated heterocycles. The van der Waals surface area contributed by atoms with Crippen LogP contribution >= 0.6 is 0 Å². The Morgan fingerprint density at radius 1 is 1.44 bits per heavy atom. The van der Waals surface area contributed by atoms with Crippen LogP contribution in [0.3, 0.4) is 0 Å². The standard InChI is InChI=1S/C13H24N2O3/c1-10(2)14-5-3-4-11(14)6-15-12(7-16)8-18-9-13(15)17/h10-12,16H,3-9H2,1-2H3. The highest BCUT2D eigenvalue weighted by Crippen LogP contribution is 2.22. The second-order valence-electron chi connectivity index (χ2n) is 5.53. The molecule has 2 atom stereocenters. The van der Waals surface area contributed by atoms with Gasteiger partial charge in [0.2, 0.25) is 5.91 Å². The molecule has 0 bridgehead atoms. The van der Waals surface area contributed by atoms with Crippen LogP contribution < -0.4 is 0 Å². The van der Waals surface area contributed by atoms with E-state index in [0.29, 0.717) is 18.7 Å². The minimum Gasteiger partial charge on any atom is -0.394 e. The molecular weight excluding hydrogens is 232 g/mol. The van der Waals surface area contributed by atoms with Crippen molar-refractivity contribution in [2.45, 2.75) is 44.8 Å². The second kappa shape index (κ2) is 5.99. The molecule has 2 fully saturated rings. The Morgan fingerprint density at radius 2 is 2.22 bits per heavy atom. The molecule has 104 valence electrons. The highest BCUT2D eigenvalue weighted by atomic mass is 16.5. The third kappa shape index (κ3) is 2.84. The maximum atomic E-state index is 11.9. The molecule has 5 nitrogen and oxygen atoms in total. The molecule has 0 spiro atoms. The van der Waals surface area contributed by atoms with E-state index in [9.17, 15) is 9.90 Å². The predicted molar refractivity (Wildman–Crippen MR) is 68.3 cm³/mol. The number of nitrogens with zero attached hydrogens (tertiary/aromatic N) is 2. The zero-order valence-electron chi connectivity index (χ0n) is 11.3. The molecule has 5 heteroatoms. The van der Waals surface area contributed by atoms with Gasteiger partial charge in [-0.3, -0.25) is 9.69 Å². The van der Waals surface area contributed by atoms with Gasteiger partial charge in [-0.1, -0.05) is 0 Å². The predicted octanol–water partition coefficient (Wildman–Crippen LogP) is 0.0789. The first-order valence-corrected chi connectivity index (χ1v) is 6.87. The highest BCUT2D eigenvalue weighted by Gasteiger charge is 2.34. The van der Waals surface area contributed by atoms with E-state index >= 15 is 0 Å². The average Bonchev–Trinajstić information content (AvgIpc) is 2.80. The van der Waals surface area contributed by atoms with Gasteiger partial charge < -0.3 is 14.7 Å². The van der Waals surface area contributed by atoms with Gasteiger partial charge in [-0.15, -0.1) is 0 Å². The Labute approximate surface area is 109 Å². The number of amides is 1. The summed E-state index contributed by atoms with van der Waals surface area (Å²) in [7, 11) is 0. The molecule has 0 aromatic heterocycles. The minimum atomic E-state index is -0.166. The third-order valence-electron chi connectivity index (χ3n) is 4.00. The van der Waals surface area contributed by atoms with Crippen LogP contribution in [-0.2, 0) is 9.53 Å². The van der Waals surface area contributed by atoms with Crippen LogP contribution in [0.15, 0.2) is 0 Å². The van der Waals surface area contributed by atoms with E-state index in [2.05, 4.69) is 18.7 Å². The first-order chi connectivity index (χ1) is 8.63. The highest BCUT2D eigenvalue weighted by molar-refractivity contribution is 5.78. The molecule has 0 saturated carbocycles. The monoisotopic (exact) mass is 256 g/mol. The van der Waals surface area contributed by atoms with Crippen molar-refractivity contribution in [2.24, 2.45) is 0 Å². The topological polar surface area (TPSA) is 53.0 Å². The van der Waals surface area contributed by atoms with Gasteiger partial charge in [0.25, 0.3) is 0 Å². The first-order valence-electron chi connectivity index (χ1n) is 6.87. The fourth-order valence-corrected chi connectivity index (χ4v) is 3.02. The number of likely N-dealkylation sites (tertiary alicyclic amines) is 1. The molecule has 1 N–H and O–H groups in total. The van der Waals surface area contributed by atoms with Crippen LogP contribution in [-0.4, -0.2) is 71.8 Å². The number of ether oxygens (including phenoxy) is 1. The summed E-state index contributed by atoms with van der Waals surface area (Å²) in [6.45, 7) is 6.84. The summed E-state index contributed by atoms with van der Waals surface area (Å²) in [6.07, 6.45) is 2.34. The maximum Gasteiger partial charge on any atom is 0.249 e. The van der Waals surface area contributed by atoms with Crippen molar-refractivity contribution in [3.8, 4) is 0 Å². The zero-order chi connectivity index (χ0) is 13.1. The number of morpholine rings is 1. The number of aliphatic hydroxyl groups is 1. The van der Waals surface area contributed by atoms with E-state index < -0.39 is 0 Å². The van der Waals surface area contributed by atoms with E-state index in [4.69, 9.17) is 4.74 Å². The van der Waals surface area contributed by atoms with Gasteiger partial charge in [-0.05, 0) is 33.2 Å². The molecule has 18 heavy (non-hydrogen) atoms. The molecular formula is C13H24N2O3. The van der Waals surface area contributed by atoms with Crippen molar-refractivity contribution in [3.63, 3.8) is 0 Å². The number of rotatable bonds is 4. The lowest BCUT2D eigenvalue weighted by Crippen LogP contribution is -2.55. The summed E-state index contributed by atoms with van der Waals surface area (Å²) in [6, 6.07) is 0.781. The minimum absolute atomic E-state index is 0.0101. The SMILES string of the molecule is CC(C)N1CCCC1CN1C(=O)COCC1CO. The summed E-state index contributed by atoms with van der Waals surface area (Å²) in [5.74, 6) is 0.0101. The van der Waals surface area contributed by atoms with Crippen LogP contribution in [0, 0.1) is 0 Å². The molecule has 0 radical (unpaired) electrons. The number of hydrogen-bond acceptors (Lipinski definition) is 4. The summed E-state index contributed by atoms with van der Waals surface area (Å²) in [5.41, 5.74) is 0. The van der Waals surface area contributed by atoms with Gasteiger partial charge in [0.05, 0.1) is 19.3 Å². The lowest BCUT2D eigenvalue weighted by Gasteiger charge is -2.39. The number of aliphatic hydroxyl groups excluding tert-OH is 1. The molecule has 2 rings (SSSR count). The zero-order valence-corrected chi connectivity index (χ0v) is 11.3. The molecule has 0 aromatic carbocycles. The molecule has 2 aliphatic heterocycles. The van der Waals surface area contributed by atoms with Crippen LogP contribution in [0.2, 0.25) is 0 Å². The number of carbonyl (C=O) groups excluding carboxylic acids is 1. The maximum absolute atomic E-state index is 11.9. The Kier molecular flexibility index (Phi) is 4.59. The quantitative estimate of drug-likeness (QED) is 0.774. The first kappa shape index (κ1) is 13.8. The molecule has 2 aliphatic rings. The summed E-state index contributed by atoms with van der Waals surface area (Å²) in [5, 5.41) is 9.34. The van der Waals surface area contributed by atoms with Crippen molar-refractivity contribution < 1.29 is 14.6 Å². The number of carbonyl (C=O) groups is 1. The van der Waals surface area contributed by atoms with E-state index in [-0.39, 0.29) is 25.2 Å². The largest absolute Gasteiger partial charge is 0.394 e. The van der Waals surface area contributed by atoms with Gasteiger partial charge in [0.1, 0.15) is 6.61 Å². The fourth-order valence-electron chi connectivity index (χ4n) is 3.02. The molecule has 2 unspecified atom stereocenters. The van der Waals surface area contributed by atoms with Crippen molar-refractivity contribution in [1.82, 2.24) is 9.80 Å². The van der Waals surface area contributed by atoms with Crippen molar-refractivity contribution in [2.75, 3.05) is 32.9 Å². The Balaban J connectivity index is 1.99. The van der Waals surface area contributed by atoms with Crippen molar-refractivity contribution in [1.29, 1.82) is 0 Å². The summed E-state index contributed by atoms with van der Waals surface area (Å²) in [4.78, 5) is 16.2. The Hall–Kier alpha value is -0.650. The van der Waals surface area contributed by atoms with E-state index in [1.54, 1.807) is 0 Å². The van der Waals surface area contributed by atoms with Crippen LogP contribution in [0.4, 0.5) is 0 Å². The molecule has 2 heterocycles. The Bertz CT molecular complexity index is 296. The van der Waals surface area contributed by atoms with E-state index in [1.165, 1.54) is 6.42 Å². The van der Waals surface area contributed by atoms with Gasteiger partial charge in [-0.25, -0.2) is 0 Å². The van der Waals surface area contributed by atoms with Gasteiger partial charge in [0.15, 0.2) is 0 Å². The van der Waals surface area contributed by atoms with Crippen molar-refractivity contribution in [3.05, 3.63) is 0 Å². The molecule has 1 amide bonds. The Morgan fingerprint density at radius 3 is 2.89 bits per heavy atom. The van der Waals surface area contributed by atoms with Crippen molar-refractivity contribution >= 4 is 5.91 Å². The third-order valence-corrected chi connectivity index (χ3v) is 4.00. The smallest absolute Gasteiger partial charge is 0.249 e. The summed E-state index contributed by atoms with van der Waals surface area (Å²) >= 11 is 0. The van der Waals surface area contributed by atoms with Crippen LogP contribution in [0.1, 0.15) is 26.7 Å². The fraction of sp³-hybridized carbons (Fsp3) is 0.923. The normalized spacial score (nSPS) is 30.4. The molecule has 0 aliphatic carbocycles. The lowest BCUT2D eigenvalue weighted by molar-refractivity contribution is -0.151. The molecule has 0 aromatic rings. The van der Waals surface area contributed by atoms with Gasteiger partial charge >= 0.3 is 0 Å². The van der Waals surface area contributed by atoms with E-state index in [1.807, 2.05) is 4.90 Å². The average molecular weight is 256 g/mol. The van der Waals surface area contributed by atoms with Gasteiger partial charge in [-0.2, -0.15) is 0 Å².